The van der Waals surface area contributed by atoms with Crippen molar-refractivity contribution in [3.8, 4) is 0 Å². The zero-order chi connectivity index (χ0) is 34.9. The zero-order valence-corrected chi connectivity index (χ0v) is 32.4. The second kappa shape index (κ2) is 14.3. The average Bonchev–Trinajstić information content (AvgIpc) is 3.01. The average molecular weight is 641 g/mol. The number of carbonyl (C=O) groups is 2. The van der Waals surface area contributed by atoms with E-state index < -0.39 is 0 Å². The Hall–Kier alpha value is -2.22. The van der Waals surface area contributed by atoms with Crippen molar-refractivity contribution in [3.63, 3.8) is 0 Å². The van der Waals surface area contributed by atoms with Crippen LogP contribution in [0.5, 0.6) is 0 Å². The van der Waals surface area contributed by atoms with E-state index in [-0.39, 0.29) is 21.7 Å². The van der Waals surface area contributed by atoms with Crippen LogP contribution in [0.15, 0.2) is 36.4 Å². The summed E-state index contributed by atoms with van der Waals surface area (Å²) < 4.78 is 0. The maximum Gasteiger partial charge on any atom is 0.135 e. The lowest BCUT2D eigenvalue weighted by Crippen LogP contribution is -2.51. The molecule has 2 saturated carbocycles. The first kappa shape index (κ1) is 37.6. The molecule has 2 heteroatoms. The molecule has 0 N–H and O–H groups in total. The van der Waals surface area contributed by atoms with Crippen molar-refractivity contribution in [1.29, 1.82) is 0 Å². The first-order valence-corrected chi connectivity index (χ1v) is 19.3. The van der Waals surface area contributed by atoms with Gasteiger partial charge < -0.3 is 0 Å². The molecule has 0 heterocycles. The fourth-order valence-corrected chi connectivity index (χ4v) is 10.6. The molecule has 2 aromatic rings. The summed E-state index contributed by atoms with van der Waals surface area (Å²) >= 11 is 0. The van der Waals surface area contributed by atoms with E-state index in [1.807, 2.05) is 13.8 Å². The number of benzene rings is 2. The van der Waals surface area contributed by atoms with Crippen molar-refractivity contribution in [2.45, 2.75) is 176 Å². The highest BCUT2D eigenvalue weighted by atomic mass is 16.1. The summed E-state index contributed by atoms with van der Waals surface area (Å²) in [6, 6.07) is 14.3. The number of fused-ring (bicyclic) bond motifs is 6. The smallest absolute Gasteiger partial charge is 0.135 e. The molecular formula is C45H68O2. The molecule has 0 aliphatic heterocycles. The first-order chi connectivity index (χ1) is 22.0. The van der Waals surface area contributed by atoms with Gasteiger partial charge in [-0.25, -0.2) is 0 Å². The molecule has 2 aromatic carbocycles. The number of aryl methyl sites for hydroxylation is 2. The fourth-order valence-electron chi connectivity index (χ4n) is 10.6. The first-order valence-electron chi connectivity index (χ1n) is 19.3. The molecule has 2 fully saturated rings. The number of rotatable bonds is 4. The van der Waals surface area contributed by atoms with E-state index in [2.05, 4.69) is 106 Å². The van der Waals surface area contributed by atoms with Gasteiger partial charge in [0.2, 0.25) is 0 Å². The van der Waals surface area contributed by atoms with Crippen molar-refractivity contribution >= 4 is 11.6 Å². The van der Waals surface area contributed by atoms with Crippen molar-refractivity contribution in [2.24, 2.45) is 22.7 Å². The van der Waals surface area contributed by atoms with Crippen molar-refractivity contribution in [2.75, 3.05) is 0 Å². The van der Waals surface area contributed by atoms with E-state index in [0.717, 1.165) is 25.7 Å². The normalized spacial score (nSPS) is 32.4. The van der Waals surface area contributed by atoms with Crippen LogP contribution in [0.2, 0.25) is 0 Å². The third kappa shape index (κ3) is 6.83. The summed E-state index contributed by atoms with van der Waals surface area (Å²) in [7, 11) is 0. The van der Waals surface area contributed by atoms with Gasteiger partial charge in [0, 0.05) is 10.8 Å². The highest BCUT2D eigenvalue weighted by Gasteiger charge is 2.55. The Labute approximate surface area is 289 Å². The monoisotopic (exact) mass is 641 g/mol. The molecule has 0 bridgehead atoms. The van der Waals surface area contributed by atoms with Gasteiger partial charge in [-0.05, 0) is 133 Å². The highest BCUT2D eigenvalue weighted by molar-refractivity contribution is 5.83. The standard InChI is InChI=1S/2C21H30O.C3H8/c2*1-14(2)16-7-9-18-17(13-16)8-10-19-20(4,15(3)22)11-6-12-21(18,19)5;1-3-2/h2*7,9,13-14,19H,6,8,10-12H2,1-5H3;3H2,1-2H3. The van der Waals surface area contributed by atoms with Crippen LogP contribution in [0, 0.1) is 22.7 Å². The van der Waals surface area contributed by atoms with E-state index in [0.29, 0.717) is 35.2 Å². The fraction of sp³-hybridized carbons (Fsp3) is 0.689. The van der Waals surface area contributed by atoms with Crippen LogP contribution < -0.4 is 0 Å². The Morgan fingerprint density at radius 1 is 0.638 bits per heavy atom. The van der Waals surface area contributed by atoms with E-state index >= 15 is 0 Å². The highest BCUT2D eigenvalue weighted by Crippen LogP contribution is 2.59. The van der Waals surface area contributed by atoms with Gasteiger partial charge in [-0.15, -0.1) is 0 Å². The molecule has 0 amide bonds. The Morgan fingerprint density at radius 2 is 0.979 bits per heavy atom. The molecule has 4 aliphatic carbocycles. The number of hydrogen-bond acceptors (Lipinski definition) is 2. The maximum absolute atomic E-state index is 12.4. The molecule has 0 aromatic heterocycles. The Kier molecular flexibility index (Phi) is 11.5. The van der Waals surface area contributed by atoms with Gasteiger partial charge in [0.05, 0.1) is 0 Å². The van der Waals surface area contributed by atoms with Gasteiger partial charge in [0.25, 0.3) is 0 Å². The molecule has 0 radical (unpaired) electrons. The van der Waals surface area contributed by atoms with Gasteiger partial charge in [-0.2, -0.15) is 0 Å². The van der Waals surface area contributed by atoms with Gasteiger partial charge in [-0.1, -0.05) is 125 Å². The van der Waals surface area contributed by atoms with Crippen LogP contribution in [-0.4, -0.2) is 11.6 Å². The van der Waals surface area contributed by atoms with Gasteiger partial charge in [0.15, 0.2) is 0 Å². The SMILES string of the molecule is CC(=O)C1(C)CCCC2(C)c3ccc(C(C)C)cc3CCC12.CC(=O)C1(C)CCCC2(C)c3ccc(C(C)C)cc3CCC12.CCC. The predicted octanol–water partition coefficient (Wildman–Crippen LogP) is 12.2. The third-order valence-electron chi connectivity index (χ3n) is 13.7. The lowest BCUT2D eigenvalue weighted by molar-refractivity contribution is -0.134. The number of carbonyl (C=O) groups excluding carboxylic acids is 2. The summed E-state index contributed by atoms with van der Waals surface area (Å²) in [5.74, 6) is 2.97. The van der Waals surface area contributed by atoms with Crippen LogP contribution in [0.25, 0.3) is 0 Å². The Morgan fingerprint density at radius 3 is 1.28 bits per heavy atom. The summed E-state index contributed by atoms with van der Waals surface area (Å²) in [5.41, 5.74) is 9.15. The predicted molar refractivity (Wildman–Crippen MR) is 201 cm³/mol. The molecule has 2 nitrogen and oxygen atoms in total. The van der Waals surface area contributed by atoms with Gasteiger partial charge >= 0.3 is 0 Å². The number of Topliss-reactive ketones (excluding diaryl/α,β-unsaturated/α-hetero) is 2. The van der Waals surface area contributed by atoms with Crippen LogP contribution in [0.3, 0.4) is 0 Å². The molecule has 47 heavy (non-hydrogen) atoms. The third-order valence-corrected chi connectivity index (χ3v) is 13.7. The number of ketones is 2. The van der Waals surface area contributed by atoms with Crippen LogP contribution in [0.4, 0.5) is 0 Å². The zero-order valence-electron chi connectivity index (χ0n) is 32.4. The minimum atomic E-state index is -0.124. The Bertz CT molecular complexity index is 1320. The molecule has 0 saturated heterocycles. The molecule has 4 aliphatic rings. The minimum Gasteiger partial charge on any atom is -0.299 e. The molecule has 6 rings (SSSR count). The lowest BCUT2D eigenvalue weighted by atomic mass is 9.49. The van der Waals surface area contributed by atoms with Gasteiger partial charge in [0.1, 0.15) is 11.6 Å². The van der Waals surface area contributed by atoms with Crippen LogP contribution in [0.1, 0.15) is 186 Å². The molecule has 0 spiro atoms. The lowest BCUT2D eigenvalue weighted by Gasteiger charge is -2.54. The summed E-state index contributed by atoms with van der Waals surface area (Å²) in [5, 5.41) is 0. The quantitative estimate of drug-likeness (QED) is 0.333. The number of hydrogen-bond donors (Lipinski definition) is 0. The minimum absolute atomic E-state index is 0.124. The van der Waals surface area contributed by atoms with E-state index in [1.54, 1.807) is 0 Å². The van der Waals surface area contributed by atoms with Crippen molar-refractivity contribution < 1.29 is 9.59 Å². The van der Waals surface area contributed by atoms with Crippen LogP contribution in [-0.2, 0) is 33.3 Å². The molecule has 6 unspecified atom stereocenters. The Balaban J connectivity index is 0.000000197. The molecule has 260 valence electrons. The van der Waals surface area contributed by atoms with Gasteiger partial charge in [-0.3, -0.25) is 9.59 Å². The van der Waals surface area contributed by atoms with Crippen molar-refractivity contribution in [3.05, 3.63) is 69.8 Å². The maximum atomic E-state index is 12.4. The van der Waals surface area contributed by atoms with Crippen LogP contribution >= 0.6 is 0 Å². The van der Waals surface area contributed by atoms with E-state index in [1.165, 1.54) is 78.3 Å². The van der Waals surface area contributed by atoms with E-state index in [4.69, 9.17) is 0 Å². The second-order valence-corrected chi connectivity index (χ2v) is 17.5. The second-order valence-electron chi connectivity index (χ2n) is 17.5. The summed E-state index contributed by atoms with van der Waals surface area (Å²) in [4.78, 5) is 24.7. The summed E-state index contributed by atoms with van der Waals surface area (Å²) in [6.45, 7) is 26.2. The van der Waals surface area contributed by atoms with Crippen molar-refractivity contribution in [1.82, 2.24) is 0 Å². The molecule has 6 atom stereocenters. The molecular weight excluding hydrogens is 572 g/mol. The topological polar surface area (TPSA) is 34.1 Å². The van der Waals surface area contributed by atoms with E-state index in [9.17, 15) is 9.59 Å². The summed E-state index contributed by atoms with van der Waals surface area (Å²) in [6.07, 6.45) is 12.8. The largest absolute Gasteiger partial charge is 0.299 e.